The van der Waals surface area contributed by atoms with E-state index in [0.29, 0.717) is 28.2 Å². The highest BCUT2D eigenvalue weighted by Gasteiger charge is 2.22. The normalized spacial score (nSPS) is 11.9. The summed E-state index contributed by atoms with van der Waals surface area (Å²) >= 11 is 2.75. The van der Waals surface area contributed by atoms with E-state index in [0.717, 1.165) is 11.1 Å². The van der Waals surface area contributed by atoms with Gasteiger partial charge in [-0.15, -0.1) is 21.5 Å². The summed E-state index contributed by atoms with van der Waals surface area (Å²) in [5, 5.41) is 17.0. The van der Waals surface area contributed by atoms with E-state index in [9.17, 15) is 9.59 Å². The third-order valence-corrected chi connectivity index (χ3v) is 7.13. The van der Waals surface area contributed by atoms with Crippen LogP contribution in [0.2, 0.25) is 0 Å². The number of rotatable bonds is 9. The third-order valence-electron chi connectivity index (χ3n) is 5.05. The van der Waals surface area contributed by atoms with Gasteiger partial charge in [-0.25, -0.2) is 4.98 Å². The van der Waals surface area contributed by atoms with Crippen molar-refractivity contribution in [3.05, 3.63) is 77.8 Å². The molecule has 0 saturated carbocycles. The van der Waals surface area contributed by atoms with Crippen LogP contribution >= 0.6 is 23.1 Å². The van der Waals surface area contributed by atoms with Crippen molar-refractivity contribution in [3.8, 4) is 11.4 Å². The highest BCUT2D eigenvalue weighted by molar-refractivity contribution is 8.00. The molecule has 0 aliphatic rings. The van der Waals surface area contributed by atoms with Crippen molar-refractivity contribution in [2.75, 3.05) is 10.6 Å². The summed E-state index contributed by atoms with van der Waals surface area (Å²) in [4.78, 5) is 29.0. The molecule has 0 spiro atoms. The summed E-state index contributed by atoms with van der Waals surface area (Å²) in [6.07, 6.45) is 5.56. The highest BCUT2D eigenvalue weighted by Crippen LogP contribution is 2.28. The molecule has 0 aliphatic carbocycles. The summed E-state index contributed by atoms with van der Waals surface area (Å²) in [5.74, 6) is 0.350. The van der Waals surface area contributed by atoms with Crippen LogP contribution in [0.3, 0.4) is 0 Å². The minimum atomic E-state index is -0.323. The van der Waals surface area contributed by atoms with Crippen LogP contribution in [0.4, 0.5) is 10.8 Å². The molecule has 4 aromatic rings. The number of aromatic nitrogens is 4. The summed E-state index contributed by atoms with van der Waals surface area (Å²) < 4.78 is 1.86. The van der Waals surface area contributed by atoms with Crippen LogP contribution in [0.15, 0.2) is 77.4 Å². The van der Waals surface area contributed by atoms with Crippen LogP contribution in [0.1, 0.15) is 18.9 Å². The molecule has 0 bridgehead atoms. The highest BCUT2D eigenvalue weighted by atomic mass is 32.2. The first-order valence-corrected chi connectivity index (χ1v) is 12.7. The minimum Gasteiger partial charge on any atom is -0.323 e. The Morgan fingerprint density at radius 2 is 1.86 bits per heavy atom. The lowest BCUT2D eigenvalue weighted by Crippen LogP contribution is -2.24. The molecule has 2 aromatic carbocycles. The van der Waals surface area contributed by atoms with E-state index in [-0.39, 0.29) is 17.1 Å². The Morgan fingerprint density at radius 1 is 1.09 bits per heavy atom. The number of thioether (sulfide) groups is 1. The first-order chi connectivity index (χ1) is 17.0. The zero-order valence-electron chi connectivity index (χ0n) is 19.2. The van der Waals surface area contributed by atoms with Crippen LogP contribution in [-0.4, -0.2) is 36.8 Å². The molecular weight excluding hydrogens is 480 g/mol. The van der Waals surface area contributed by atoms with Crippen LogP contribution in [0.5, 0.6) is 0 Å². The summed E-state index contributed by atoms with van der Waals surface area (Å²) in [6, 6.07) is 17.0. The van der Waals surface area contributed by atoms with Gasteiger partial charge in [0.25, 0.3) is 0 Å². The first-order valence-electron chi connectivity index (χ1n) is 10.9. The second-order valence-corrected chi connectivity index (χ2v) is 9.58. The lowest BCUT2D eigenvalue weighted by molar-refractivity contribution is -0.115. The fourth-order valence-corrected chi connectivity index (χ4v) is 4.66. The monoisotopic (exact) mass is 504 g/mol. The Morgan fingerprint density at radius 3 is 2.54 bits per heavy atom. The predicted octanol–water partition coefficient (Wildman–Crippen LogP) is 5.10. The van der Waals surface area contributed by atoms with E-state index < -0.39 is 0 Å². The van der Waals surface area contributed by atoms with Crippen LogP contribution < -0.4 is 10.6 Å². The second-order valence-electron chi connectivity index (χ2n) is 7.52. The maximum absolute atomic E-state index is 12.6. The Balaban J connectivity index is 1.39. The molecule has 35 heavy (non-hydrogen) atoms. The van der Waals surface area contributed by atoms with Gasteiger partial charge in [0.05, 0.1) is 5.25 Å². The van der Waals surface area contributed by atoms with Crippen molar-refractivity contribution in [1.82, 2.24) is 19.7 Å². The van der Waals surface area contributed by atoms with Crippen molar-refractivity contribution in [1.29, 1.82) is 0 Å². The Kier molecular flexibility index (Phi) is 8.07. The zero-order valence-corrected chi connectivity index (χ0v) is 20.8. The van der Waals surface area contributed by atoms with Gasteiger partial charge in [-0.3, -0.25) is 9.59 Å². The first kappa shape index (κ1) is 24.4. The number of hydrogen-bond donors (Lipinski definition) is 2. The number of thiazole rings is 1. The molecule has 1 atom stereocenters. The standard InChI is InChI=1S/C25H24N6O2S2/c1-3-20(23(33)28-24-26-15-16-34-24)35-25-30-29-22(31(25)2)18-10-12-19(13-11-18)27-21(32)14-9-17-7-5-4-6-8-17/h4-16,20H,3H2,1-2H3,(H,27,32)(H,26,28,33). The topological polar surface area (TPSA) is 102 Å². The average molecular weight is 505 g/mol. The maximum Gasteiger partial charge on any atom is 0.248 e. The van der Waals surface area contributed by atoms with Crippen molar-refractivity contribution in [3.63, 3.8) is 0 Å². The third kappa shape index (κ3) is 6.43. The van der Waals surface area contributed by atoms with Gasteiger partial charge in [0, 0.05) is 36.0 Å². The Hall–Kier alpha value is -3.76. The Labute approximate surface area is 211 Å². The summed E-state index contributed by atoms with van der Waals surface area (Å²) in [7, 11) is 1.87. The van der Waals surface area contributed by atoms with E-state index in [1.807, 2.05) is 78.5 Å². The van der Waals surface area contributed by atoms with Gasteiger partial charge in [-0.1, -0.05) is 49.0 Å². The zero-order chi connectivity index (χ0) is 24.6. The number of hydrogen-bond acceptors (Lipinski definition) is 7. The molecule has 0 radical (unpaired) electrons. The maximum atomic E-state index is 12.6. The van der Waals surface area contributed by atoms with E-state index >= 15 is 0 Å². The van der Waals surface area contributed by atoms with Crippen LogP contribution in [0, 0.1) is 0 Å². The summed E-state index contributed by atoms with van der Waals surface area (Å²) in [5.41, 5.74) is 2.49. The van der Waals surface area contributed by atoms with Crippen molar-refractivity contribution in [2.24, 2.45) is 7.05 Å². The molecule has 2 heterocycles. The van der Waals surface area contributed by atoms with E-state index in [2.05, 4.69) is 25.8 Å². The van der Waals surface area contributed by atoms with Gasteiger partial charge in [0.15, 0.2) is 16.1 Å². The molecule has 8 nitrogen and oxygen atoms in total. The predicted molar refractivity (Wildman–Crippen MR) is 141 cm³/mol. The van der Waals surface area contributed by atoms with Gasteiger partial charge in [-0.2, -0.15) is 0 Å². The molecule has 0 saturated heterocycles. The lowest BCUT2D eigenvalue weighted by Gasteiger charge is -2.13. The van der Waals surface area contributed by atoms with Crippen LogP contribution in [-0.2, 0) is 16.6 Å². The largest absolute Gasteiger partial charge is 0.323 e. The fraction of sp³-hybridized carbons (Fsp3) is 0.160. The minimum absolute atomic E-state index is 0.113. The molecular formula is C25H24N6O2S2. The average Bonchev–Trinajstić information content (AvgIpc) is 3.52. The summed E-state index contributed by atoms with van der Waals surface area (Å²) in [6.45, 7) is 1.96. The van der Waals surface area contributed by atoms with E-state index in [4.69, 9.17) is 0 Å². The molecule has 0 aliphatic heterocycles. The number of amides is 2. The molecule has 2 aromatic heterocycles. The molecule has 2 N–H and O–H groups in total. The van der Waals surface area contributed by atoms with Gasteiger partial charge in [-0.05, 0) is 42.3 Å². The number of carbonyl (C=O) groups excluding carboxylic acids is 2. The molecule has 0 fully saturated rings. The fourth-order valence-electron chi connectivity index (χ4n) is 3.21. The SMILES string of the molecule is CCC(Sc1nnc(-c2ccc(NC(=O)C=Cc3ccccc3)cc2)n1C)C(=O)Nc1nccs1. The van der Waals surface area contributed by atoms with Crippen LogP contribution in [0.25, 0.3) is 17.5 Å². The van der Waals surface area contributed by atoms with E-state index in [1.54, 1.807) is 12.3 Å². The van der Waals surface area contributed by atoms with E-state index in [1.165, 1.54) is 29.2 Å². The number of nitrogens with one attached hydrogen (secondary N) is 2. The smallest absolute Gasteiger partial charge is 0.248 e. The van der Waals surface area contributed by atoms with Gasteiger partial charge >= 0.3 is 0 Å². The number of carbonyl (C=O) groups is 2. The number of benzene rings is 2. The van der Waals surface area contributed by atoms with Crippen molar-refractivity contribution >= 4 is 51.8 Å². The second kappa shape index (κ2) is 11.6. The quantitative estimate of drug-likeness (QED) is 0.243. The molecule has 2 amide bonds. The Bertz CT molecular complexity index is 1300. The number of anilines is 2. The van der Waals surface area contributed by atoms with Crippen molar-refractivity contribution < 1.29 is 9.59 Å². The molecule has 1 unspecified atom stereocenters. The molecule has 4 rings (SSSR count). The van der Waals surface area contributed by atoms with Gasteiger partial charge < -0.3 is 15.2 Å². The van der Waals surface area contributed by atoms with Crippen molar-refractivity contribution in [2.45, 2.75) is 23.8 Å². The van der Waals surface area contributed by atoms with Gasteiger partial charge in [0.2, 0.25) is 11.8 Å². The molecule has 178 valence electrons. The molecule has 10 heteroatoms. The number of nitrogens with zero attached hydrogens (tertiary/aromatic N) is 4. The van der Waals surface area contributed by atoms with Gasteiger partial charge in [0.1, 0.15) is 0 Å². The lowest BCUT2D eigenvalue weighted by atomic mass is 10.2.